The van der Waals surface area contributed by atoms with Gasteiger partial charge in [-0.05, 0) is 40.3 Å². The van der Waals surface area contributed by atoms with E-state index in [4.69, 9.17) is 0 Å². The Labute approximate surface area is 129 Å². The number of halogens is 1. The van der Waals surface area contributed by atoms with E-state index in [9.17, 15) is 4.79 Å². The van der Waals surface area contributed by atoms with Gasteiger partial charge in [0.1, 0.15) is 5.82 Å². The Bertz CT molecular complexity index is 460. The molecule has 5 heteroatoms. The minimum atomic E-state index is -0.0843. The molecule has 0 atom stereocenters. The number of carbonyl (C=O) groups is 1. The first-order valence-corrected chi connectivity index (χ1v) is 7.86. The van der Waals surface area contributed by atoms with E-state index in [1.165, 1.54) is 0 Å². The predicted molar refractivity (Wildman–Crippen MR) is 87.1 cm³/mol. The molecule has 1 aromatic heterocycles. The summed E-state index contributed by atoms with van der Waals surface area (Å²) in [5.41, 5.74) is 0.686. The highest BCUT2D eigenvalue weighted by atomic mass is 79.9. The van der Waals surface area contributed by atoms with Crippen LogP contribution in [0.3, 0.4) is 0 Å². The Balaban J connectivity index is 2.82. The number of nitrogens with zero attached hydrogens (tertiary/aromatic N) is 1. The van der Waals surface area contributed by atoms with Crippen molar-refractivity contribution in [2.24, 2.45) is 5.41 Å². The monoisotopic (exact) mass is 341 g/mol. The SMILES string of the molecule is CCCNc1ncc(Br)cc1C(=O)NCC(C)(C)CC. The fourth-order valence-corrected chi connectivity index (χ4v) is 1.87. The van der Waals surface area contributed by atoms with Crippen molar-refractivity contribution < 1.29 is 4.79 Å². The van der Waals surface area contributed by atoms with Gasteiger partial charge < -0.3 is 10.6 Å². The molecular formula is C15H24BrN3O. The summed E-state index contributed by atoms with van der Waals surface area (Å²) in [5, 5.41) is 6.18. The van der Waals surface area contributed by atoms with E-state index in [1.807, 2.05) is 0 Å². The van der Waals surface area contributed by atoms with Crippen LogP contribution < -0.4 is 10.6 Å². The molecule has 20 heavy (non-hydrogen) atoms. The van der Waals surface area contributed by atoms with Crippen molar-refractivity contribution in [3.05, 3.63) is 22.3 Å². The van der Waals surface area contributed by atoms with Crippen LogP contribution in [-0.4, -0.2) is 24.0 Å². The zero-order valence-corrected chi connectivity index (χ0v) is 14.3. The largest absolute Gasteiger partial charge is 0.369 e. The summed E-state index contributed by atoms with van der Waals surface area (Å²) in [5.74, 6) is 0.556. The van der Waals surface area contributed by atoms with Crippen molar-refractivity contribution in [3.63, 3.8) is 0 Å². The molecule has 4 nitrogen and oxygen atoms in total. The van der Waals surface area contributed by atoms with E-state index >= 15 is 0 Å². The number of rotatable bonds is 7. The van der Waals surface area contributed by atoms with Gasteiger partial charge in [-0.1, -0.05) is 27.7 Å². The minimum absolute atomic E-state index is 0.0843. The Morgan fingerprint density at radius 1 is 1.40 bits per heavy atom. The quantitative estimate of drug-likeness (QED) is 0.792. The molecule has 0 spiro atoms. The molecule has 1 rings (SSSR count). The maximum atomic E-state index is 12.3. The molecule has 1 amide bonds. The van der Waals surface area contributed by atoms with E-state index in [-0.39, 0.29) is 11.3 Å². The predicted octanol–water partition coefficient (Wildman–Crippen LogP) is 3.83. The van der Waals surface area contributed by atoms with Gasteiger partial charge in [-0.3, -0.25) is 4.79 Å². The summed E-state index contributed by atoms with van der Waals surface area (Å²) in [4.78, 5) is 16.6. The molecule has 0 aromatic carbocycles. The molecule has 1 heterocycles. The number of aromatic nitrogens is 1. The molecule has 0 aliphatic heterocycles. The summed E-state index contributed by atoms with van der Waals surface area (Å²) in [6, 6.07) is 1.80. The van der Waals surface area contributed by atoms with Gasteiger partial charge in [0, 0.05) is 23.8 Å². The lowest BCUT2D eigenvalue weighted by Crippen LogP contribution is -2.34. The normalized spacial score (nSPS) is 11.2. The van der Waals surface area contributed by atoms with Gasteiger partial charge in [0.25, 0.3) is 5.91 Å². The topological polar surface area (TPSA) is 54.0 Å². The maximum absolute atomic E-state index is 12.3. The number of pyridine rings is 1. The van der Waals surface area contributed by atoms with Gasteiger partial charge in [-0.2, -0.15) is 0 Å². The van der Waals surface area contributed by atoms with E-state index in [1.54, 1.807) is 12.3 Å². The summed E-state index contributed by atoms with van der Waals surface area (Å²) in [7, 11) is 0. The van der Waals surface area contributed by atoms with Gasteiger partial charge in [0.15, 0.2) is 0 Å². The van der Waals surface area contributed by atoms with E-state index in [2.05, 4.69) is 59.2 Å². The zero-order valence-electron chi connectivity index (χ0n) is 12.7. The summed E-state index contributed by atoms with van der Waals surface area (Å²) in [6.45, 7) is 9.94. The van der Waals surface area contributed by atoms with Gasteiger partial charge in [-0.25, -0.2) is 4.98 Å². The highest BCUT2D eigenvalue weighted by molar-refractivity contribution is 9.10. The summed E-state index contributed by atoms with van der Waals surface area (Å²) in [6.07, 6.45) is 3.71. The van der Waals surface area contributed by atoms with Gasteiger partial charge in [0.2, 0.25) is 0 Å². The van der Waals surface area contributed by atoms with E-state index in [0.29, 0.717) is 17.9 Å². The Morgan fingerprint density at radius 3 is 2.70 bits per heavy atom. The zero-order chi connectivity index (χ0) is 15.2. The third-order valence-electron chi connectivity index (χ3n) is 3.33. The highest BCUT2D eigenvalue weighted by Gasteiger charge is 2.19. The molecule has 112 valence electrons. The number of anilines is 1. The van der Waals surface area contributed by atoms with Crippen molar-refractivity contribution in [1.82, 2.24) is 10.3 Å². The van der Waals surface area contributed by atoms with Crippen LogP contribution in [0.15, 0.2) is 16.7 Å². The van der Waals surface area contributed by atoms with Gasteiger partial charge in [0.05, 0.1) is 5.56 Å². The fourth-order valence-electron chi connectivity index (χ4n) is 1.54. The molecule has 0 radical (unpaired) electrons. The second-order valence-corrected chi connectivity index (χ2v) is 6.59. The molecule has 0 unspecified atom stereocenters. The lowest BCUT2D eigenvalue weighted by atomic mass is 9.90. The fraction of sp³-hybridized carbons (Fsp3) is 0.600. The second-order valence-electron chi connectivity index (χ2n) is 5.68. The van der Waals surface area contributed by atoms with Crippen molar-refractivity contribution >= 4 is 27.7 Å². The Hall–Kier alpha value is -1.10. The lowest BCUT2D eigenvalue weighted by molar-refractivity contribution is 0.0936. The van der Waals surface area contributed by atoms with Gasteiger partial charge in [-0.15, -0.1) is 0 Å². The summed E-state index contributed by atoms with van der Waals surface area (Å²) >= 11 is 3.37. The van der Waals surface area contributed by atoms with Crippen molar-refractivity contribution in [2.45, 2.75) is 40.5 Å². The Kier molecular flexibility index (Phi) is 6.46. The molecule has 0 bridgehead atoms. The molecule has 1 aromatic rings. The average Bonchev–Trinajstić information content (AvgIpc) is 2.43. The first-order valence-electron chi connectivity index (χ1n) is 7.07. The van der Waals surface area contributed by atoms with Crippen molar-refractivity contribution in [3.8, 4) is 0 Å². The highest BCUT2D eigenvalue weighted by Crippen LogP contribution is 2.20. The van der Waals surface area contributed by atoms with Crippen LogP contribution in [0.1, 0.15) is 50.9 Å². The molecule has 0 aliphatic rings. The second kappa shape index (κ2) is 7.62. The minimum Gasteiger partial charge on any atom is -0.369 e. The maximum Gasteiger partial charge on any atom is 0.255 e. The number of carbonyl (C=O) groups excluding carboxylic acids is 1. The molecule has 0 fully saturated rings. The molecular weight excluding hydrogens is 318 g/mol. The molecule has 2 N–H and O–H groups in total. The van der Waals surface area contributed by atoms with Crippen molar-refractivity contribution in [1.29, 1.82) is 0 Å². The van der Waals surface area contributed by atoms with Crippen LogP contribution in [0.25, 0.3) is 0 Å². The van der Waals surface area contributed by atoms with Crippen molar-refractivity contribution in [2.75, 3.05) is 18.4 Å². The molecule has 0 saturated carbocycles. The van der Waals surface area contributed by atoms with Crippen LogP contribution in [0.4, 0.5) is 5.82 Å². The van der Waals surface area contributed by atoms with E-state index < -0.39 is 0 Å². The van der Waals surface area contributed by atoms with E-state index in [0.717, 1.165) is 23.9 Å². The van der Waals surface area contributed by atoms with Crippen LogP contribution in [-0.2, 0) is 0 Å². The third kappa shape index (κ3) is 5.12. The third-order valence-corrected chi connectivity index (χ3v) is 3.76. The Morgan fingerprint density at radius 2 is 2.10 bits per heavy atom. The van der Waals surface area contributed by atoms with Crippen LogP contribution in [0.2, 0.25) is 0 Å². The van der Waals surface area contributed by atoms with Crippen LogP contribution in [0.5, 0.6) is 0 Å². The number of nitrogens with one attached hydrogen (secondary N) is 2. The number of hydrogen-bond donors (Lipinski definition) is 2. The number of amides is 1. The lowest BCUT2D eigenvalue weighted by Gasteiger charge is -2.23. The van der Waals surface area contributed by atoms with Gasteiger partial charge >= 0.3 is 0 Å². The first kappa shape index (κ1) is 17.0. The standard InChI is InChI=1S/C15H24BrN3O/c1-5-7-17-13-12(8-11(16)9-18-13)14(20)19-10-15(3,4)6-2/h8-9H,5-7,10H2,1-4H3,(H,17,18)(H,19,20). The average molecular weight is 342 g/mol. The van der Waals surface area contributed by atoms with Crippen LogP contribution in [0, 0.1) is 5.41 Å². The molecule has 0 aliphatic carbocycles. The summed E-state index contributed by atoms with van der Waals surface area (Å²) < 4.78 is 0.805. The number of hydrogen-bond acceptors (Lipinski definition) is 3. The molecule has 0 saturated heterocycles. The first-order chi connectivity index (χ1) is 9.39. The smallest absolute Gasteiger partial charge is 0.255 e. The van der Waals surface area contributed by atoms with Crippen LogP contribution >= 0.6 is 15.9 Å².